The molecule has 92 valence electrons. The molecule has 0 spiro atoms. The Kier molecular flexibility index (Phi) is 2.76. The second-order valence-electron chi connectivity index (χ2n) is 4.05. The average Bonchev–Trinajstić information content (AvgIpc) is 2.84. The minimum Gasteiger partial charge on any atom is -0.454 e. The van der Waals surface area contributed by atoms with Gasteiger partial charge in [0.15, 0.2) is 11.5 Å². The van der Waals surface area contributed by atoms with Crippen molar-refractivity contribution in [2.45, 2.75) is 6.54 Å². The quantitative estimate of drug-likeness (QED) is 0.901. The van der Waals surface area contributed by atoms with Crippen LogP contribution in [-0.2, 0) is 6.54 Å². The fourth-order valence-electron chi connectivity index (χ4n) is 1.86. The van der Waals surface area contributed by atoms with Crippen molar-refractivity contribution >= 4 is 5.69 Å². The van der Waals surface area contributed by atoms with Gasteiger partial charge in [0, 0.05) is 18.3 Å². The van der Waals surface area contributed by atoms with Crippen molar-refractivity contribution in [2.75, 3.05) is 12.1 Å². The Balaban J connectivity index is 1.70. The number of hydrogen-bond donors (Lipinski definition) is 1. The van der Waals surface area contributed by atoms with Gasteiger partial charge in [-0.1, -0.05) is 12.1 Å². The summed E-state index contributed by atoms with van der Waals surface area (Å²) in [5.41, 5.74) is 1.82. The number of fused-ring (bicyclic) bond motifs is 1. The Hall–Kier alpha value is -2.23. The summed E-state index contributed by atoms with van der Waals surface area (Å²) in [4.78, 5) is 0. The third-order valence-corrected chi connectivity index (χ3v) is 2.76. The van der Waals surface area contributed by atoms with E-state index in [0.29, 0.717) is 6.54 Å². The van der Waals surface area contributed by atoms with Gasteiger partial charge in [-0.15, -0.1) is 0 Å². The first-order valence-corrected chi connectivity index (χ1v) is 5.69. The smallest absolute Gasteiger partial charge is 0.231 e. The molecule has 4 heteroatoms. The zero-order chi connectivity index (χ0) is 12.4. The van der Waals surface area contributed by atoms with Crippen LogP contribution in [0.2, 0.25) is 0 Å². The van der Waals surface area contributed by atoms with Crippen LogP contribution in [0.1, 0.15) is 5.56 Å². The molecule has 0 fully saturated rings. The lowest BCUT2D eigenvalue weighted by molar-refractivity contribution is 0.174. The summed E-state index contributed by atoms with van der Waals surface area (Å²) in [6, 6.07) is 12.2. The predicted molar refractivity (Wildman–Crippen MR) is 66.3 cm³/mol. The molecule has 3 rings (SSSR count). The van der Waals surface area contributed by atoms with E-state index in [-0.39, 0.29) is 12.6 Å². The third kappa shape index (κ3) is 2.22. The number of anilines is 1. The minimum absolute atomic E-state index is 0.222. The maximum absolute atomic E-state index is 13.0. The summed E-state index contributed by atoms with van der Waals surface area (Å²) in [5, 5.41) is 3.22. The maximum Gasteiger partial charge on any atom is 0.231 e. The maximum atomic E-state index is 13.0. The number of hydrogen-bond acceptors (Lipinski definition) is 3. The van der Waals surface area contributed by atoms with E-state index in [9.17, 15) is 4.39 Å². The SMILES string of the molecule is Fc1cccc(CNc2ccc3c(c2)OCO3)c1. The zero-order valence-electron chi connectivity index (χ0n) is 9.65. The fraction of sp³-hybridized carbons (Fsp3) is 0.143. The van der Waals surface area contributed by atoms with Crippen LogP contribution >= 0.6 is 0 Å². The van der Waals surface area contributed by atoms with Gasteiger partial charge in [-0.05, 0) is 29.8 Å². The van der Waals surface area contributed by atoms with Crippen molar-refractivity contribution in [3.05, 3.63) is 53.8 Å². The largest absolute Gasteiger partial charge is 0.454 e. The van der Waals surface area contributed by atoms with E-state index in [1.807, 2.05) is 24.3 Å². The molecule has 18 heavy (non-hydrogen) atoms. The van der Waals surface area contributed by atoms with Crippen molar-refractivity contribution in [3.63, 3.8) is 0 Å². The van der Waals surface area contributed by atoms with E-state index in [4.69, 9.17) is 9.47 Å². The van der Waals surface area contributed by atoms with Gasteiger partial charge >= 0.3 is 0 Å². The molecule has 3 nitrogen and oxygen atoms in total. The Morgan fingerprint density at radius 2 is 1.94 bits per heavy atom. The lowest BCUT2D eigenvalue weighted by Crippen LogP contribution is -1.99. The molecule has 1 aliphatic rings. The van der Waals surface area contributed by atoms with Crippen molar-refractivity contribution < 1.29 is 13.9 Å². The van der Waals surface area contributed by atoms with Gasteiger partial charge in [-0.2, -0.15) is 0 Å². The zero-order valence-corrected chi connectivity index (χ0v) is 9.65. The van der Waals surface area contributed by atoms with E-state index < -0.39 is 0 Å². The van der Waals surface area contributed by atoms with Crippen LogP contribution in [0.25, 0.3) is 0 Å². The van der Waals surface area contributed by atoms with Gasteiger partial charge in [-0.25, -0.2) is 4.39 Å². The second-order valence-corrected chi connectivity index (χ2v) is 4.05. The van der Waals surface area contributed by atoms with E-state index in [0.717, 1.165) is 22.7 Å². The molecule has 0 unspecified atom stereocenters. The van der Waals surface area contributed by atoms with E-state index in [1.54, 1.807) is 6.07 Å². The molecule has 0 aromatic heterocycles. The lowest BCUT2D eigenvalue weighted by atomic mass is 10.2. The van der Waals surface area contributed by atoms with Crippen LogP contribution in [0.3, 0.4) is 0 Å². The Morgan fingerprint density at radius 3 is 2.83 bits per heavy atom. The first-order chi connectivity index (χ1) is 8.81. The van der Waals surface area contributed by atoms with E-state index in [2.05, 4.69) is 5.32 Å². The summed E-state index contributed by atoms with van der Waals surface area (Å²) < 4.78 is 23.5. The molecule has 1 N–H and O–H groups in total. The molecule has 0 aliphatic carbocycles. The minimum atomic E-state index is -0.222. The number of halogens is 1. The van der Waals surface area contributed by atoms with Crippen molar-refractivity contribution in [1.29, 1.82) is 0 Å². The van der Waals surface area contributed by atoms with E-state index >= 15 is 0 Å². The van der Waals surface area contributed by atoms with E-state index in [1.165, 1.54) is 12.1 Å². The predicted octanol–water partition coefficient (Wildman–Crippen LogP) is 3.17. The first kappa shape index (κ1) is 10.9. The summed E-state index contributed by atoms with van der Waals surface area (Å²) in [6.45, 7) is 0.833. The molecule has 1 aliphatic heterocycles. The van der Waals surface area contributed by atoms with Crippen LogP contribution in [0, 0.1) is 5.82 Å². The molecule has 2 aromatic carbocycles. The van der Waals surface area contributed by atoms with Gasteiger partial charge in [0.25, 0.3) is 0 Å². The first-order valence-electron chi connectivity index (χ1n) is 5.69. The van der Waals surface area contributed by atoms with Crippen molar-refractivity contribution in [1.82, 2.24) is 0 Å². The monoisotopic (exact) mass is 245 g/mol. The molecular formula is C14H12FNO2. The third-order valence-electron chi connectivity index (χ3n) is 2.76. The Bertz CT molecular complexity index is 571. The molecular weight excluding hydrogens is 233 g/mol. The summed E-state index contributed by atoms with van der Waals surface area (Å²) >= 11 is 0. The highest BCUT2D eigenvalue weighted by molar-refractivity contribution is 5.55. The van der Waals surface area contributed by atoms with Crippen LogP contribution in [0.5, 0.6) is 11.5 Å². The molecule has 0 radical (unpaired) electrons. The van der Waals surface area contributed by atoms with Gasteiger partial charge in [0.05, 0.1) is 0 Å². The van der Waals surface area contributed by atoms with Gasteiger partial charge in [0.1, 0.15) is 5.82 Å². The summed E-state index contributed by atoms with van der Waals surface area (Å²) in [6.07, 6.45) is 0. The fourth-order valence-corrected chi connectivity index (χ4v) is 1.86. The van der Waals surface area contributed by atoms with Crippen LogP contribution in [0.4, 0.5) is 10.1 Å². The molecule has 0 saturated carbocycles. The molecule has 0 amide bonds. The van der Waals surface area contributed by atoms with Gasteiger partial charge in [0.2, 0.25) is 6.79 Å². The lowest BCUT2D eigenvalue weighted by Gasteiger charge is -2.07. The number of benzene rings is 2. The van der Waals surface area contributed by atoms with Crippen molar-refractivity contribution in [3.8, 4) is 11.5 Å². The van der Waals surface area contributed by atoms with Gasteiger partial charge < -0.3 is 14.8 Å². The number of ether oxygens (including phenoxy) is 2. The standard InChI is InChI=1S/C14H12FNO2/c15-11-3-1-2-10(6-11)8-16-12-4-5-13-14(7-12)18-9-17-13/h1-7,16H,8-9H2. The molecule has 0 atom stereocenters. The van der Waals surface area contributed by atoms with Crippen LogP contribution in [-0.4, -0.2) is 6.79 Å². The highest BCUT2D eigenvalue weighted by Gasteiger charge is 2.12. The highest BCUT2D eigenvalue weighted by Crippen LogP contribution is 2.34. The molecule has 2 aromatic rings. The molecule has 0 saturated heterocycles. The average molecular weight is 245 g/mol. The highest BCUT2D eigenvalue weighted by atomic mass is 19.1. The summed E-state index contributed by atoms with van der Waals surface area (Å²) in [5.74, 6) is 1.27. The summed E-state index contributed by atoms with van der Waals surface area (Å²) in [7, 11) is 0. The van der Waals surface area contributed by atoms with Gasteiger partial charge in [-0.3, -0.25) is 0 Å². The normalized spacial score (nSPS) is 12.5. The Labute approximate surface area is 104 Å². The van der Waals surface area contributed by atoms with Crippen LogP contribution in [0.15, 0.2) is 42.5 Å². The number of rotatable bonds is 3. The topological polar surface area (TPSA) is 30.5 Å². The van der Waals surface area contributed by atoms with Crippen LogP contribution < -0.4 is 14.8 Å². The second kappa shape index (κ2) is 4.56. The molecule has 1 heterocycles. The number of nitrogens with one attached hydrogen (secondary N) is 1. The molecule has 0 bridgehead atoms. The van der Waals surface area contributed by atoms with Crippen molar-refractivity contribution in [2.24, 2.45) is 0 Å². The Morgan fingerprint density at radius 1 is 1.06 bits per heavy atom.